The van der Waals surface area contributed by atoms with Gasteiger partial charge in [-0.3, -0.25) is 4.79 Å². The normalized spacial score (nSPS) is 15.6. The number of piperazine rings is 1. The van der Waals surface area contributed by atoms with Gasteiger partial charge in [-0.25, -0.2) is 4.79 Å². The van der Waals surface area contributed by atoms with Crippen molar-refractivity contribution in [3.63, 3.8) is 0 Å². The van der Waals surface area contributed by atoms with E-state index in [1.165, 1.54) is 10.5 Å². The third-order valence-corrected chi connectivity index (χ3v) is 5.50. The second-order valence-electron chi connectivity index (χ2n) is 8.17. The van der Waals surface area contributed by atoms with Crippen LogP contribution in [-0.2, 0) is 22.7 Å². The van der Waals surface area contributed by atoms with Crippen LogP contribution in [0.3, 0.4) is 0 Å². The van der Waals surface area contributed by atoms with Crippen molar-refractivity contribution in [2.45, 2.75) is 33.0 Å². The van der Waals surface area contributed by atoms with Gasteiger partial charge in [0.1, 0.15) is 19.2 Å². The number of hydrogen-bond acceptors (Lipinski definition) is 3. The third kappa shape index (κ3) is 6.32. The first-order valence-electron chi connectivity index (χ1n) is 10.7. The first-order chi connectivity index (χ1) is 14.5. The first kappa shape index (κ1) is 21.8. The van der Waals surface area contributed by atoms with Crippen molar-refractivity contribution in [1.82, 2.24) is 10.2 Å². The fraction of sp³-hybridized carbons (Fsp3) is 0.417. The molecule has 2 aromatic carbocycles. The Bertz CT molecular complexity index is 803. The van der Waals surface area contributed by atoms with Crippen molar-refractivity contribution in [3.05, 3.63) is 71.8 Å². The molecule has 1 atom stereocenters. The molecule has 6 heteroatoms. The Kier molecular flexibility index (Phi) is 7.85. The van der Waals surface area contributed by atoms with Gasteiger partial charge in [0.2, 0.25) is 5.91 Å². The highest BCUT2D eigenvalue weighted by atomic mass is 16.5. The summed E-state index contributed by atoms with van der Waals surface area (Å²) in [4.78, 5) is 28.7. The molecule has 2 amide bonds. The van der Waals surface area contributed by atoms with Crippen LogP contribution in [0.1, 0.15) is 25.0 Å². The standard InChI is InChI=1S/C24H31N3O3/c1-19(2)22(25-24(29)30-18-21-11-7-4-8-12-21)23(28)27-15-13-26(14-16-27)17-20-9-5-3-6-10-20/h3-12,19,22H,13-18H2,1-2H3,(H,25,29)/p+1/t22-/m0/s1. The van der Waals surface area contributed by atoms with Crippen molar-refractivity contribution in [2.75, 3.05) is 26.2 Å². The minimum Gasteiger partial charge on any atom is -0.445 e. The second kappa shape index (κ2) is 10.8. The Balaban J connectivity index is 1.48. The van der Waals surface area contributed by atoms with Crippen molar-refractivity contribution < 1.29 is 19.2 Å². The molecule has 1 heterocycles. The topological polar surface area (TPSA) is 63.1 Å². The predicted octanol–water partition coefficient (Wildman–Crippen LogP) is 1.86. The number of quaternary nitrogens is 1. The van der Waals surface area contributed by atoms with Crippen LogP contribution in [0.15, 0.2) is 60.7 Å². The maximum Gasteiger partial charge on any atom is 0.408 e. The fourth-order valence-corrected chi connectivity index (χ4v) is 3.71. The number of nitrogens with one attached hydrogen (secondary N) is 2. The Labute approximate surface area is 178 Å². The number of nitrogens with zero attached hydrogens (tertiary/aromatic N) is 1. The van der Waals surface area contributed by atoms with E-state index in [0.29, 0.717) is 13.1 Å². The number of hydrogen-bond donors (Lipinski definition) is 2. The van der Waals surface area contributed by atoms with E-state index in [9.17, 15) is 9.59 Å². The molecule has 30 heavy (non-hydrogen) atoms. The molecule has 1 aliphatic heterocycles. The highest BCUT2D eigenvalue weighted by Gasteiger charge is 2.32. The quantitative estimate of drug-likeness (QED) is 0.733. The van der Waals surface area contributed by atoms with Crippen molar-refractivity contribution >= 4 is 12.0 Å². The lowest BCUT2D eigenvalue weighted by Crippen LogP contribution is -3.13. The Hall–Kier alpha value is -2.86. The van der Waals surface area contributed by atoms with Crippen LogP contribution >= 0.6 is 0 Å². The van der Waals surface area contributed by atoms with Gasteiger partial charge < -0.3 is 19.9 Å². The summed E-state index contributed by atoms with van der Waals surface area (Å²) in [6, 6.07) is 19.4. The summed E-state index contributed by atoms with van der Waals surface area (Å²) < 4.78 is 5.30. The van der Waals surface area contributed by atoms with Crippen LogP contribution in [0, 0.1) is 5.92 Å². The van der Waals surface area contributed by atoms with Gasteiger partial charge in [-0.05, 0) is 11.5 Å². The average Bonchev–Trinajstić information content (AvgIpc) is 2.77. The van der Waals surface area contributed by atoms with Gasteiger partial charge in [-0.15, -0.1) is 0 Å². The molecule has 0 radical (unpaired) electrons. The van der Waals surface area contributed by atoms with E-state index in [1.807, 2.05) is 55.1 Å². The second-order valence-corrected chi connectivity index (χ2v) is 8.17. The van der Waals surface area contributed by atoms with E-state index in [0.717, 1.165) is 25.2 Å². The lowest BCUT2D eigenvalue weighted by atomic mass is 10.0. The molecular weight excluding hydrogens is 378 g/mol. The SMILES string of the molecule is CC(C)[C@H](NC(=O)OCc1ccccc1)C(=O)N1CC[NH+](Cc2ccccc2)CC1. The van der Waals surface area contributed by atoms with Gasteiger partial charge in [-0.2, -0.15) is 0 Å². The molecule has 0 unspecified atom stereocenters. The maximum absolute atomic E-state index is 13.1. The molecule has 0 aliphatic carbocycles. The van der Waals surface area contributed by atoms with E-state index in [4.69, 9.17) is 4.74 Å². The number of rotatable bonds is 7. The average molecular weight is 411 g/mol. The monoisotopic (exact) mass is 410 g/mol. The molecule has 3 rings (SSSR count). The molecule has 1 aliphatic rings. The van der Waals surface area contributed by atoms with Gasteiger partial charge in [0, 0.05) is 5.56 Å². The zero-order valence-corrected chi connectivity index (χ0v) is 17.8. The van der Waals surface area contributed by atoms with Gasteiger partial charge in [0.05, 0.1) is 26.2 Å². The summed E-state index contributed by atoms with van der Waals surface area (Å²) in [5, 5.41) is 2.78. The van der Waals surface area contributed by atoms with Crippen LogP contribution < -0.4 is 10.2 Å². The molecule has 0 aromatic heterocycles. The van der Waals surface area contributed by atoms with E-state index in [2.05, 4.69) is 29.6 Å². The smallest absolute Gasteiger partial charge is 0.408 e. The molecule has 6 nitrogen and oxygen atoms in total. The minimum atomic E-state index is -0.580. The van der Waals surface area contributed by atoms with Crippen molar-refractivity contribution in [3.8, 4) is 0 Å². The molecular formula is C24H32N3O3+. The Morgan fingerprint density at radius 3 is 2.10 bits per heavy atom. The number of carbonyl (C=O) groups excluding carboxylic acids is 2. The first-order valence-corrected chi connectivity index (χ1v) is 10.7. The van der Waals surface area contributed by atoms with Gasteiger partial charge in [0.15, 0.2) is 0 Å². The van der Waals surface area contributed by atoms with E-state index < -0.39 is 12.1 Å². The Morgan fingerprint density at radius 1 is 0.967 bits per heavy atom. The maximum atomic E-state index is 13.1. The minimum absolute atomic E-state index is 0.0172. The van der Waals surface area contributed by atoms with Gasteiger partial charge >= 0.3 is 6.09 Å². The molecule has 1 saturated heterocycles. The summed E-state index contributed by atoms with van der Waals surface area (Å²) in [5.74, 6) is -0.0445. The van der Waals surface area contributed by atoms with Crippen LogP contribution in [0.25, 0.3) is 0 Å². The number of benzene rings is 2. The summed E-state index contributed by atoms with van der Waals surface area (Å²) in [5.41, 5.74) is 2.23. The lowest BCUT2D eigenvalue weighted by molar-refractivity contribution is -0.917. The van der Waals surface area contributed by atoms with Crippen LogP contribution in [0.4, 0.5) is 4.79 Å². The molecule has 0 saturated carbocycles. The third-order valence-electron chi connectivity index (χ3n) is 5.50. The Morgan fingerprint density at radius 2 is 1.53 bits per heavy atom. The summed E-state index contributed by atoms with van der Waals surface area (Å²) in [7, 11) is 0. The lowest BCUT2D eigenvalue weighted by Gasteiger charge is -2.35. The molecule has 1 fully saturated rings. The molecule has 0 bridgehead atoms. The van der Waals surface area contributed by atoms with E-state index in [1.54, 1.807) is 0 Å². The van der Waals surface area contributed by atoms with Crippen LogP contribution in [-0.4, -0.2) is 49.1 Å². The zero-order valence-electron chi connectivity index (χ0n) is 17.8. The number of carbonyl (C=O) groups is 2. The van der Waals surface area contributed by atoms with Crippen LogP contribution in [0.5, 0.6) is 0 Å². The summed E-state index contributed by atoms with van der Waals surface area (Å²) in [6.45, 7) is 8.26. The van der Waals surface area contributed by atoms with Gasteiger partial charge in [-0.1, -0.05) is 74.5 Å². The highest BCUT2D eigenvalue weighted by Crippen LogP contribution is 2.08. The van der Waals surface area contributed by atoms with Crippen molar-refractivity contribution in [2.24, 2.45) is 5.92 Å². The van der Waals surface area contributed by atoms with Gasteiger partial charge in [0.25, 0.3) is 0 Å². The number of amides is 2. The fourth-order valence-electron chi connectivity index (χ4n) is 3.71. The molecule has 160 valence electrons. The summed E-state index contributed by atoms with van der Waals surface area (Å²) >= 11 is 0. The van der Waals surface area contributed by atoms with Crippen LogP contribution in [0.2, 0.25) is 0 Å². The zero-order chi connectivity index (χ0) is 21.3. The molecule has 2 aromatic rings. The number of alkyl carbamates (subject to hydrolysis) is 1. The highest BCUT2D eigenvalue weighted by molar-refractivity contribution is 5.86. The van der Waals surface area contributed by atoms with Crippen molar-refractivity contribution in [1.29, 1.82) is 0 Å². The molecule has 2 N–H and O–H groups in total. The molecule has 0 spiro atoms. The predicted molar refractivity (Wildman–Crippen MR) is 116 cm³/mol. The summed E-state index contributed by atoms with van der Waals surface area (Å²) in [6.07, 6.45) is -0.556. The van der Waals surface area contributed by atoms with E-state index >= 15 is 0 Å². The van der Waals surface area contributed by atoms with E-state index in [-0.39, 0.29) is 18.4 Å². The number of ether oxygens (including phenoxy) is 1. The largest absolute Gasteiger partial charge is 0.445 e.